The van der Waals surface area contributed by atoms with E-state index in [9.17, 15) is 9.90 Å². The van der Waals surface area contributed by atoms with E-state index < -0.39 is 11.5 Å². The van der Waals surface area contributed by atoms with Gasteiger partial charge in [-0.1, -0.05) is 57.0 Å². The molecule has 112 valence electrons. The summed E-state index contributed by atoms with van der Waals surface area (Å²) in [6.07, 6.45) is -0.510. The third-order valence-electron chi connectivity index (χ3n) is 3.33. The topological polar surface area (TPSA) is 49.3 Å². The fraction of sp³-hybridized carbons (Fsp3) is 0.533. The number of amides is 1. The molecule has 0 saturated carbocycles. The molecule has 5 heteroatoms. The first kappa shape index (κ1) is 17.3. The van der Waals surface area contributed by atoms with E-state index >= 15 is 0 Å². The van der Waals surface area contributed by atoms with Gasteiger partial charge in [0.05, 0.1) is 21.7 Å². The van der Waals surface area contributed by atoms with Gasteiger partial charge in [0.25, 0.3) is 5.91 Å². The van der Waals surface area contributed by atoms with Crippen molar-refractivity contribution in [2.45, 2.75) is 33.8 Å². The summed E-state index contributed by atoms with van der Waals surface area (Å²) in [5.74, 6) is -0.213. The van der Waals surface area contributed by atoms with Crippen LogP contribution in [-0.4, -0.2) is 23.7 Å². The van der Waals surface area contributed by atoms with Gasteiger partial charge in [0.1, 0.15) is 0 Å². The fourth-order valence-corrected chi connectivity index (χ4v) is 2.69. The fourth-order valence-electron chi connectivity index (χ4n) is 2.12. The lowest BCUT2D eigenvalue weighted by Crippen LogP contribution is -2.43. The lowest BCUT2D eigenvalue weighted by atomic mass is 9.80. The van der Waals surface area contributed by atoms with E-state index in [1.165, 1.54) is 0 Å². The largest absolute Gasteiger partial charge is 0.392 e. The molecule has 20 heavy (non-hydrogen) atoms. The van der Waals surface area contributed by atoms with E-state index in [4.69, 9.17) is 23.2 Å². The first-order valence-corrected chi connectivity index (χ1v) is 7.32. The third-order valence-corrected chi connectivity index (χ3v) is 3.96. The summed E-state index contributed by atoms with van der Waals surface area (Å²) in [4.78, 5) is 12.2. The molecule has 1 rings (SSSR count). The van der Waals surface area contributed by atoms with Gasteiger partial charge in [0.15, 0.2) is 0 Å². The van der Waals surface area contributed by atoms with Crippen molar-refractivity contribution >= 4 is 29.1 Å². The predicted molar refractivity (Wildman–Crippen MR) is 83.4 cm³/mol. The lowest BCUT2D eigenvalue weighted by Gasteiger charge is -2.33. The van der Waals surface area contributed by atoms with E-state index in [0.29, 0.717) is 16.6 Å². The van der Waals surface area contributed by atoms with Crippen molar-refractivity contribution in [3.63, 3.8) is 0 Å². The molecule has 1 aromatic rings. The van der Waals surface area contributed by atoms with E-state index in [1.54, 1.807) is 18.2 Å². The molecule has 1 amide bonds. The Balaban J connectivity index is 2.78. The van der Waals surface area contributed by atoms with E-state index in [1.807, 2.05) is 27.7 Å². The second-order valence-corrected chi connectivity index (χ2v) is 6.77. The van der Waals surface area contributed by atoms with Crippen LogP contribution in [0.25, 0.3) is 0 Å². The molecule has 1 atom stereocenters. The molecule has 0 aliphatic rings. The predicted octanol–water partition coefficient (Wildman–Crippen LogP) is 3.77. The van der Waals surface area contributed by atoms with Crippen LogP contribution in [0.1, 0.15) is 38.1 Å². The van der Waals surface area contributed by atoms with Crippen LogP contribution >= 0.6 is 23.2 Å². The number of hydrogen-bond acceptors (Lipinski definition) is 2. The van der Waals surface area contributed by atoms with Gasteiger partial charge in [0, 0.05) is 12.0 Å². The molecule has 0 aliphatic carbocycles. The highest BCUT2D eigenvalue weighted by Crippen LogP contribution is 2.27. The molecular formula is C15H21Cl2NO2. The van der Waals surface area contributed by atoms with Gasteiger partial charge in [-0.3, -0.25) is 4.79 Å². The molecule has 1 aromatic carbocycles. The van der Waals surface area contributed by atoms with Crippen LogP contribution in [-0.2, 0) is 0 Å². The zero-order valence-corrected chi connectivity index (χ0v) is 13.7. The maximum absolute atomic E-state index is 12.2. The van der Waals surface area contributed by atoms with Gasteiger partial charge in [0.2, 0.25) is 0 Å². The highest BCUT2D eigenvalue weighted by atomic mass is 35.5. The number of carbonyl (C=O) groups is 1. The Hall–Kier alpha value is -0.770. The zero-order valence-electron chi connectivity index (χ0n) is 12.2. The van der Waals surface area contributed by atoms with Crippen LogP contribution < -0.4 is 5.32 Å². The maximum Gasteiger partial charge on any atom is 0.254 e. The number of halogens is 2. The summed E-state index contributed by atoms with van der Waals surface area (Å²) in [6, 6.07) is 4.93. The first-order valence-electron chi connectivity index (χ1n) is 6.57. The van der Waals surface area contributed by atoms with E-state index in [2.05, 4.69) is 5.32 Å². The monoisotopic (exact) mass is 317 g/mol. The molecule has 0 radical (unpaired) electrons. The van der Waals surface area contributed by atoms with Crippen LogP contribution in [0.2, 0.25) is 10.0 Å². The highest BCUT2D eigenvalue weighted by Gasteiger charge is 2.31. The number of rotatable bonds is 5. The second kappa shape index (κ2) is 6.79. The van der Waals surface area contributed by atoms with Gasteiger partial charge in [-0.15, -0.1) is 0 Å². The highest BCUT2D eigenvalue weighted by molar-refractivity contribution is 6.39. The van der Waals surface area contributed by atoms with E-state index in [0.717, 1.165) is 0 Å². The summed E-state index contributed by atoms with van der Waals surface area (Å²) in [5, 5.41) is 13.6. The van der Waals surface area contributed by atoms with Crippen molar-refractivity contribution in [3.05, 3.63) is 33.8 Å². The zero-order chi connectivity index (χ0) is 15.5. The van der Waals surface area contributed by atoms with Crippen molar-refractivity contribution in [1.82, 2.24) is 5.32 Å². The number of nitrogens with one attached hydrogen (secondary N) is 1. The number of carbonyl (C=O) groups excluding carboxylic acids is 1. The van der Waals surface area contributed by atoms with Crippen molar-refractivity contribution in [1.29, 1.82) is 0 Å². The van der Waals surface area contributed by atoms with E-state index in [-0.39, 0.29) is 17.4 Å². The summed E-state index contributed by atoms with van der Waals surface area (Å²) < 4.78 is 0. The number of aliphatic hydroxyl groups is 1. The Labute approximate surface area is 130 Å². The number of aliphatic hydroxyl groups excluding tert-OH is 1. The smallest absolute Gasteiger partial charge is 0.254 e. The summed E-state index contributed by atoms with van der Waals surface area (Å²) >= 11 is 12.0. The minimum atomic E-state index is -0.510. The average Bonchev–Trinajstić information content (AvgIpc) is 2.35. The molecule has 0 heterocycles. The Morgan fingerprint density at radius 1 is 1.30 bits per heavy atom. The summed E-state index contributed by atoms with van der Waals surface area (Å²) in [5.41, 5.74) is -0.164. The molecule has 0 aliphatic heterocycles. The van der Waals surface area contributed by atoms with Crippen LogP contribution in [0.15, 0.2) is 18.2 Å². The molecular weight excluding hydrogens is 297 g/mol. The van der Waals surface area contributed by atoms with Crippen LogP contribution in [0, 0.1) is 11.3 Å². The Bertz CT molecular complexity index is 467. The van der Waals surface area contributed by atoms with Gasteiger partial charge in [-0.25, -0.2) is 0 Å². The van der Waals surface area contributed by atoms with Crippen molar-refractivity contribution in [2.24, 2.45) is 11.3 Å². The Kier molecular flexibility index (Phi) is 5.87. The molecule has 0 fully saturated rings. The molecule has 0 aromatic heterocycles. The Morgan fingerprint density at radius 3 is 2.25 bits per heavy atom. The maximum atomic E-state index is 12.2. The van der Waals surface area contributed by atoms with Crippen molar-refractivity contribution in [2.75, 3.05) is 6.54 Å². The van der Waals surface area contributed by atoms with Gasteiger partial charge in [-0.2, -0.15) is 0 Å². The first-order chi connectivity index (χ1) is 9.16. The van der Waals surface area contributed by atoms with Crippen molar-refractivity contribution in [3.8, 4) is 0 Å². The molecule has 0 spiro atoms. The number of hydrogen-bond donors (Lipinski definition) is 2. The third kappa shape index (κ3) is 4.11. The normalized spacial score (nSPS) is 13.4. The minimum Gasteiger partial charge on any atom is -0.392 e. The van der Waals surface area contributed by atoms with Gasteiger partial charge < -0.3 is 10.4 Å². The van der Waals surface area contributed by atoms with Crippen LogP contribution in [0.3, 0.4) is 0 Å². The SMILES string of the molecule is CC(C)C(O)C(C)(C)CNC(=O)c1c(Cl)cccc1Cl. The minimum absolute atomic E-state index is 0.116. The summed E-state index contributed by atoms with van der Waals surface area (Å²) in [7, 11) is 0. The Morgan fingerprint density at radius 2 is 1.80 bits per heavy atom. The number of benzene rings is 1. The van der Waals surface area contributed by atoms with Gasteiger partial charge in [-0.05, 0) is 18.1 Å². The second-order valence-electron chi connectivity index (χ2n) is 5.96. The molecule has 0 saturated heterocycles. The summed E-state index contributed by atoms with van der Waals surface area (Å²) in [6.45, 7) is 8.05. The molecule has 3 nitrogen and oxygen atoms in total. The molecule has 1 unspecified atom stereocenters. The van der Waals surface area contributed by atoms with Crippen molar-refractivity contribution < 1.29 is 9.90 Å². The lowest BCUT2D eigenvalue weighted by molar-refractivity contribution is 0.0138. The average molecular weight is 318 g/mol. The molecule has 0 bridgehead atoms. The van der Waals surface area contributed by atoms with Gasteiger partial charge >= 0.3 is 0 Å². The van der Waals surface area contributed by atoms with Crippen LogP contribution in [0.4, 0.5) is 0 Å². The molecule has 2 N–H and O–H groups in total. The quantitative estimate of drug-likeness (QED) is 0.868. The van der Waals surface area contributed by atoms with Crippen LogP contribution in [0.5, 0.6) is 0 Å². The standard InChI is InChI=1S/C15H21Cl2NO2/c1-9(2)13(19)15(3,4)8-18-14(20)12-10(16)6-5-7-11(12)17/h5-7,9,13,19H,8H2,1-4H3,(H,18,20).